The number of benzene rings is 1. The predicted molar refractivity (Wildman–Crippen MR) is 74.9 cm³/mol. The van der Waals surface area contributed by atoms with Crippen molar-refractivity contribution in [2.75, 3.05) is 11.9 Å². The van der Waals surface area contributed by atoms with Crippen LogP contribution in [0.4, 0.5) is 10.2 Å². The zero-order valence-electron chi connectivity index (χ0n) is 11.5. The highest BCUT2D eigenvalue weighted by atomic mass is 19.1. The Morgan fingerprint density at radius 2 is 2.00 bits per heavy atom. The smallest absolute Gasteiger partial charge is 0.186 e. The lowest BCUT2D eigenvalue weighted by Gasteiger charge is -2.09. The molecule has 0 aliphatic heterocycles. The maximum atomic E-state index is 13.8. The van der Waals surface area contributed by atoms with E-state index in [0.717, 1.165) is 5.56 Å². The summed E-state index contributed by atoms with van der Waals surface area (Å²) in [7, 11) is 0. The highest BCUT2D eigenvalue weighted by Crippen LogP contribution is 2.16. The van der Waals surface area contributed by atoms with E-state index >= 15 is 0 Å². The van der Waals surface area contributed by atoms with Crippen LogP contribution in [0.3, 0.4) is 0 Å². The van der Waals surface area contributed by atoms with Crippen molar-refractivity contribution in [3.63, 3.8) is 0 Å². The summed E-state index contributed by atoms with van der Waals surface area (Å²) in [5, 5.41) is 2.93. The number of halogens is 1. The number of hydrogen-bond donors (Lipinski definition) is 1. The molecule has 0 amide bonds. The molecule has 0 bridgehead atoms. The molecule has 0 aliphatic rings. The minimum atomic E-state index is -0.366. The van der Waals surface area contributed by atoms with Crippen LogP contribution in [0.15, 0.2) is 24.3 Å². The maximum Gasteiger partial charge on any atom is 0.186 e. The lowest BCUT2D eigenvalue weighted by Crippen LogP contribution is -2.09. The van der Waals surface area contributed by atoms with E-state index in [1.54, 1.807) is 6.92 Å². The van der Waals surface area contributed by atoms with Crippen molar-refractivity contribution in [2.45, 2.75) is 27.2 Å². The Bertz CT molecular complexity index is 582. The summed E-state index contributed by atoms with van der Waals surface area (Å²) in [6.07, 6.45) is 0.612. The van der Waals surface area contributed by atoms with E-state index in [-0.39, 0.29) is 11.6 Å². The molecule has 0 radical (unpaired) electrons. The third-order valence-electron chi connectivity index (χ3n) is 2.85. The minimum Gasteiger partial charge on any atom is -0.368 e. The summed E-state index contributed by atoms with van der Waals surface area (Å²) in [6.45, 7) is 6.26. The van der Waals surface area contributed by atoms with Crippen LogP contribution in [0.5, 0.6) is 0 Å². The van der Waals surface area contributed by atoms with Crippen LogP contribution in [-0.2, 0) is 6.42 Å². The summed E-state index contributed by atoms with van der Waals surface area (Å²) in [6, 6.07) is 8.17. The van der Waals surface area contributed by atoms with Gasteiger partial charge in [-0.15, -0.1) is 0 Å². The lowest BCUT2D eigenvalue weighted by atomic mass is 10.1. The first kappa shape index (κ1) is 13.5. The Labute approximate surface area is 112 Å². The molecule has 0 saturated carbocycles. The Hall–Kier alpha value is -1.97. The molecule has 1 aromatic carbocycles. The van der Waals surface area contributed by atoms with Gasteiger partial charge in [-0.1, -0.05) is 29.8 Å². The van der Waals surface area contributed by atoms with Crippen molar-refractivity contribution in [2.24, 2.45) is 0 Å². The molecule has 19 heavy (non-hydrogen) atoms. The molecule has 1 aromatic heterocycles. The zero-order valence-corrected chi connectivity index (χ0v) is 11.5. The van der Waals surface area contributed by atoms with Gasteiger partial charge in [0.05, 0.1) is 5.69 Å². The maximum absolute atomic E-state index is 13.8. The summed E-state index contributed by atoms with van der Waals surface area (Å²) in [4.78, 5) is 8.47. The Balaban J connectivity index is 2.30. The Morgan fingerprint density at radius 1 is 1.21 bits per heavy atom. The van der Waals surface area contributed by atoms with Crippen LogP contribution in [0.1, 0.15) is 29.6 Å². The third-order valence-corrected chi connectivity index (χ3v) is 2.85. The summed E-state index contributed by atoms with van der Waals surface area (Å²) >= 11 is 0. The third kappa shape index (κ3) is 3.28. The van der Waals surface area contributed by atoms with E-state index in [9.17, 15) is 4.39 Å². The first-order valence-electron chi connectivity index (χ1n) is 6.42. The molecule has 3 nitrogen and oxygen atoms in total. The van der Waals surface area contributed by atoms with Crippen LogP contribution in [0, 0.1) is 19.7 Å². The van der Waals surface area contributed by atoms with Gasteiger partial charge in [0.2, 0.25) is 0 Å². The lowest BCUT2D eigenvalue weighted by molar-refractivity contribution is 0.601. The summed E-state index contributed by atoms with van der Waals surface area (Å²) < 4.78 is 13.8. The van der Waals surface area contributed by atoms with E-state index in [1.165, 1.54) is 5.56 Å². The molecular formula is C15H18FN3. The van der Waals surface area contributed by atoms with Gasteiger partial charge < -0.3 is 5.32 Å². The SMILES string of the molecule is CCNc1nc(Cc2cccc(C)c2)nc(C)c1F. The molecule has 0 aliphatic carbocycles. The number of nitrogens with one attached hydrogen (secondary N) is 1. The minimum absolute atomic E-state index is 0.289. The van der Waals surface area contributed by atoms with Gasteiger partial charge in [-0.25, -0.2) is 14.4 Å². The normalized spacial score (nSPS) is 10.5. The van der Waals surface area contributed by atoms with Crippen LogP contribution >= 0.6 is 0 Å². The quantitative estimate of drug-likeness (QED) is 0.915. The molecule has 100 valence electrons. The van der Waals surface area contributed by atoms with E-state index in [1.807, 2.05) is 32.0 Å². The van der Waals surface area contributed by atoms with Crippen LogP contribution in [-0.4, -0.2) is 16.5 Å². The van der Waals surface area contributed by atoms with Crippen molar-refractivity contribution in [3.8, 4) is 0 Å². The monoisotopic (exact) mass is 259 g/mol. The van der Waals surface area contributed by atoms with Crippen molar-refractivity contribution in [1.29, 1.82) is 0 Å². The standard InChI is InChI=1S/C15H18FN3/c1-4-17-15-14(16)11(3)18-13(19-15)9-12-7-5-6-10(2)8-12/h5-8H,4,9H2,1-3H3,(H,17,18,19). The Kier molecular flexibility index (Phi) is 4.10. The molecule has 1 heterocycles. The molecule has 4 heteroatoms. The largest absolute Gasteiger partial charge is 0.368 e. The van der Waals surface area contributed by atoms with Crippen LogP contribution in [0.2, 0.25) is 0 Å². The van der Waals surface area contributed by atoms with Gasteiger partial charge in [0, 0.05) is 13.0 Å². The number of aryl methyl sites for hydroxylation is 2. The van der Waals surface area contributed by atoms with Gasteiger partial charge >= 0.3 is 0 Å². The predicted octanol–water partition coefficient (Wildman–Crippen LogP) is 3.26. The van der Waals surface area contributed by atoms with E-state index in [2.05, 4.69) is 21.4 Å². The van der Waals surface area contributed by atoms with E-state index < -0.39 is 0 Å². The molecule has 0 fully saturated rings. The first-order chi connectivity index (χ1) is 9.10. The molecule has 0 atom stereocenters. The number of nitrogens with zero attached hydrogens (tertiary/aromatic N) is 2. The molecule has 0 unspecified atom stereocenters. The Morgan fingerprint density at radius 3 is 2.68 bits per heavy atom. The van der Waals surface area contributed by atoms with E-state index in [0.29, 0.717) is 24.5 Å². The second-order valence-corrected chi connectivity index (χ2v) is 4.58. The van der Waals surface area contributed by atoms with Crippen LogP contribution < -0.4 is 5.32 Å². The fraction of sp³-hybridized carbons (Fsp3) is 0.333. The van der Waals surface area contributed by atoms with Gasteiger partial charge in [-0.2, -0.15) is 0 Å². The first-order valence-corrected chi connectivity index (χ1v) is 6.42. The summed E-state index contributed by atoms with van der Waals surface area (Å²) in [5.74, 6) is 0.563. The van der Waals surface area contributed by atoms with E-state index in [4.69, 9.17) is 0 Å². The van der Waals surface area contributed by atoms with Crippen molar-refractivity contribution in [1.82, 2.24) is 9.97 Å². The molecular weight excluding hydrogens is 241 g/mol. The number of rotatable bonds is 4. The molecule has 0 saturated heterocycles. The van der Waals surface area contributed by atoms with Crippen LogP contribution in [0.25, 0.3) is 0 Å². The topological polar surface area (TPSA) is 37.8 Å². The number of aromatic nitrogens is 2. The second kappa shape index (κ2) is 5.78. The highest BCUT2D eigenvalue weighted by molar-refractivity contribution is 5.38. The molecule has 0 spiro atoms. The highest BCUT2D eigenvalue weighted by Gasteiger charge is 2.11. The fourth-order valence-electron chi connectivity index (χ4n) is 1.99. The van der Waals surface area contributed by atoms with Gasteiger partial charge in [0.1, 0.15) is 5.82 Å². The fourth-order valence-corrected chi connectivity index (χ4v) is 1.99. The van der Waals surface area contributed by atoms with Gasteiger partial charge in [-0.05, 0) is 26.3 Å². The second-order valence-electron chi connectivity index (χ2n) is 4.58. The average molecular weight is 259 g/mol. The number of anilines is 1. The molecule has 2 rings (SSSR count). The average Bonchev–Trinajstić information content (AvgIpc) is 2.35. The zero-order chi connectivity index (χ0) is 13.8. The van der Waals surface area contributed by atoms with Crippen molar-refractivity contribution < 1.29 is 4.39 Å². The van der Waals surface area contributed by atoms with Gasteiger partial charge in [0.15, 0.2) is 11.6 Å². The van der Waals surface area contributed by atoms with Gasteiger partial charge in [0.25, 0.3) is 0 Å². The number of hydrogen-bond acceptors (Lipinski definition) is 3. The summed E-state index contributed by atoms with van der Waals surface area (Å²) in [5.41, 5.74) is 2.71. The molecule has 1 N–H and O–H groups in total. The van der Waals surface area contributed by atoms with Gasteiger partial charge in [-0.3, -0.25) is 0 Å². The van der Waals surface area contributed by atoms with Crippen molar-refractivity contribution in [3.05, 3.63) is 52.7 Å². The molecule has 2 aromatic rings. The van der Waals surface area contributed by atoms with Crippen molar-refractivity contribution >= 4 is 5.82 Å².